The molecule has 0 spiro atoms. The molecule has 0 fully saturated rings. The Labute approximate surface area is 174 Å². The highest BCUT2D eigenvalue weighted by molar-refractivity contribution is 6.28. The molecule has 29 heavy (non-hydrogen) atoms. The predicted octanol–water partition coefficient (Wildman–Crippen LogP) is 5.21. The first-order valence-electron chi connectivity index (χ1n) is 9.31. The Kier molecular flexibility index (Phi) is 5.11. The molecule has 0 bridgehead atoms. The van der Waals surface area contributed by atoms with E-state index in [1.165, 1.54) is 5.56 Å². The third-order valence-corrected chi connectivity index (χ3v) is 5.04. The van der Waals surface area contributed by atoms with Crippen LogP contribution in [-0.4, -0.2) is 26.6 Å². The third kappa shape index (κ3) is 3.89. The summed E-state index contributed by atoms with van der Waals surface area (Å²) in [6, 6.07) is 12.2. The average Bonchev–Trinajstić information content (AvgIpc) is 3.07. The Morgan fingerprint density at radius 2 is 1.72 bits per heavy atom. The minimum absolute atomic E-state index is 0.180. The zero-order valence-corrected chi connectivity index (χ0v) is 17.6. The van der Waals surface area contributed by atoms with E-state index in [4.69, 9.17) is 16.3 Å². The van der Waals surface area contributed by atoms with Crippen molar-refractivity contribution in [3.8, 4) is 5.75 Å². The molecule has 0 aliphatic carbocycles. The first-order valence-corrected chi connectivity index (χ1v) is 9.68. The van der Waals surface area contributed by atoms with Gasteiger partial charge in [0, 0.05) is 5.69 Å². The van der Waals surface area contributed by atoms with Crippen molar-refractivity contribution in [3.63, 3.8) is 0 Å². The number of hydrogen-bond acceptors (Lipinski definition) is 5. The van der Waals surface area contributed by atoms with Crippen LogP contribution < -0.4 is 10.1 Å². The van der Waals surface area contributed by atoms with Gasteiger partial charge in [0.1, 0.15) is 5.75 Å². The number of hydrogen-bond donors (Lipinski definition) is 1. The minimum Gasteiger partial charge on any atom is -0.497 e. The first kappa shape index (κ1) is 19.2. The molecule has 2 heterocycles. The number of ether oxygens (including phenoxy) is 1. The van der Waals surface area contributed by atoms with Crippen LogP contribution in [0.4, 0.5) is 11.5 Å². The van der Waals surface area contributed by atoms with Crippen molar-refractivity contribution in [1.29, 1.82) is 0 Å². The lowest BCUT2D eigenvalue weighted by atomic mass is 10.1. The van der Waals surface area contributed by atoms with Crippen molar-refractivity contribution in [1.82, 2.24) is 19.5 Å². The zero-order valence-electron chi connectivity index (χ0n) is 16.8. The smallest absolute Gasteiger partial charge is 0.226 e. The molecule has 0 saturated heterocycles. The van der Waals surface area contributed by atoms with E-state index in [-0.39, 0.29) is 5.28 Å². The lowest BCUT2D eigenvalue weighted by molar-refractivity contribution is 0.414. The number of nitrogens with one attached hydrogen (secondary N) is 1. The molecule has 0 atom stereocenters. The van der Waals surface area contributed by atoms with Crippen molar-refractivity contribution >= 4 is 34.3 Å². The number of nitrogens with zero attached hydrogens (tertiary/aromatic N) is 4. The third-order valence-electron chi connectivity index (χ3n) is 4.87. The van der Waals surface area contributed by atoms with Gasteiger partial charge in [-0.2, -0.15) is 9.97 Å². The van der Waals surface area contributed by atoms with Gasteiger partial charge in [-0.15, -0.1) is 0 Å². The van der Waals surface area contributed by atoms with Crippen LogP contribution in [0.5, 0.6) is 5.75 Å². The summed E-state index contributed by atoms with van der Waals surface area (Å²) in [5.41, 5.74) is 7.00. The molecule has 4 aromatic rings. The van der Waals surface area contributed by atoms with E-state index in [0.29, 0.717) is 23.5 Å². The fourth-order valence-corrected chi connectivity index (χ4v) is 3.71. The average molecular weight is 408 g/mol. The first-order chi connectivity index (χ1) is 13.9. The summed E-state index contributed by atoms with van der Waals surface area (Å²) in [5, 5.41) is 3.60. The Morgan fingerprint density at radius 1 is 1.03 bits per heavy atom. The van der Waals surface area contributed by atoms with Crippen LogP contribution in [0.2, 0.25) is 5.28 Å². The van der Waals surface area contributed by atoms with Crippen molar-refractivity contribution < 1.29 is 4.74 Å². The van der Waals surface area contributed by atoms with Gasteiger partial charge in [0.25, 0.3) is 0 Å². The monoisotopic (exact) mass is 407 g/mol. The molecular weight excluding hydrogens is 386 g/mol. The van der Waals surface area contributed by atoms with E-state index < -0.39 is 0 Å². The summed E-state index contributed by atoms with van der Waals surface area (Å²) >= 11 is 6.25. The number of fused-ring (bicyclic) bond motifs is 1. The molecule has 0 unspecified atom stereocenters. The number of methoxy groups -OCH3 is 1. The molecule has 2 aromatic heterocycles. The minimum atomic E-state index is 0.180. The Hall–Kier alpha value is -3.12. The highest BCUT2D eigenvalue weighted by Gasteiger charge is 2.15. The van der Waals surface area contributed by atoms with Crippen molar-refractivity contribution in [2.24, 2.45) is 0 Å². The molecule has 1 N–H and O–H groups in total. The predicted molar refractivity (Wildman–Crippen MR) is 116 cm³/mol. The molecule has 4 rings (SSSR count). The summed E-state index contributed by atoms with van der Waals surface area (Å²) in [7, 11) is 1.66. The maximum absolute atomic E-state index is 6.25. The van der Waals surface area contributed by atoms with Gasteiger partial charge in [0.2, 0.25) is 5.28 Å². The molecule has 6 nitrogen and oxygen atoms in total. The summed E-state index contributed by atoms with van der Waals surface area (Å²) in [4.78, 5) is 13.4. The lowest BCUT2D eigenvalue weighted by Crippen LogP contribution is -2.03. The maximum atomic E-state index is 6.25. The van der Waals surface area contributed by atoms with Gasteiger partial charge in [-0.1, -0.05) is 29.8 Å². The fraction of sp³-hybridized carbons (Fsp3) is 0.227. The molecule has 0 aliphatic rings. The van der Waals surface area contributed by atoms with Crippen LogP contribution in [-0.2, 0) is 6.54 Å². The van der Waals surface area contributed by atoms with Crippen molar-refractivity contribution in [3.05, 3.63) is 70.3 Å². The van der Waals surface area contributed by atoms with E-state index in [9.17, 15) is 0 Å². The highest BCUT2D eigenvalue weighted by atomic mass is 35.5. The Morgan fingerprint density at radius 3 is 2.38 bits per heavy atom. The summed E-state index contributed by atoms with van der Waals surface area (Å²) in [6.45, 7) is 6.86. The van der Waals surface area contributed by atoms with Crippen LogP contribution in [0.3, 0.4) is 0 Å². The van der Waals surface area contributed by atoms with E-state index in [2.05, 4.69) is 53.2 Å². The highest BCUT2D eigenvalue weighted by Crippen LogP contribution is 2.29. The van der Waals surface area contributed by atoms with Gasteiger partial charge in [-0.05, 0) is 61.2 Å². The summed E-state index contributed by atoms with van der Waals surface area (Å²) in [5.74, 6) is 1.42. The van der Waals surface area contributed by atoms with Gasteiger partial charge in [-0.25, -0.2) is 4.98 Å². The Balaban J connectivity index is 1.71. The van der Waals surface area contributed by atoms with Crippen molar-refractivity contribution in [2.75, 3.05) is 12.4 Å². The second-order valence-corrected chi connectivity index (χ2v) is 7.47. The van der Waals surface area contributed by atoms with Crippen LogP contribution >= 0.6 is 11.6 Å². The van der Waals surface area contributed by atoms with E-state index in [1.807, 2.05) is 28.8 Å². The SMILES string of the molecule is COc1ccc(Cn2cnc3c(Nc4c(C)cc(C)cc4C)nc(Cl)nc32)cc1. The number of anilines is 2. The molecule has 0 amide bonds. The van der Waals surface area contributed by atoms with Crippen LogP contribution in [0.25, 0.3) is 11.2 Å². The Bertz CT molecular complexity index is 1160. The van der Waals surface area contributed by atoms with Crippen molar-refractivity contribution in [2.45, 2.75) is 27.3 Å². The topological polar surface area (TPSA) is 64.9 Å². The van der Waals surface area contributed by atoms with Gasteiger partial charge in [0.15, 0.2) is 17.0 Å². The van der Waals surface area contributed by atoms with Gasteiger partial charge >= 0.3 is 0 Å². The lowest BCUT2D eigenvalue weighted by Gasteiger charge is -2.14. The van der Waals surface area contributed by atoms with Gasteiger partial charge in [-0.3, -0.25) is 0 Å². The van der Waals surface area contributed by atoms with E-state index >= 15 is 0 Å². The van der Waals surface area contributed by atoms with Crippen LogP contribution in [0, 0.1) is 20.8 Å². The maximum Gasteiger partial charge on any atom is 0.226 e. The fourth-order valence-electron chi connectivity index (χ4n) is 3.54. The molecule has 0 saturated carbocycles. The number of imidazole rings is 1. The molecule has 0 radical (unpaired) electrons. The number of halogens is 1. The number of aryl methyl sites for hydroxylation is 3. The van der Waals surface area contributed by atoms with Gasteiger partial charge < -0.3 is 14.6 Å². The zero-order chi connectivity index (χ0) is 20.5. The van der Waals surface area contributed by atoms with E-state index in [1.54, 1.807) is 13.4 Å². The number of aromatic nitrogens is 4. The molecule has 0 aliphatic heterocycles. The van der Waals surface area contributed by atoms with E-state index in [0.717, 1.165) is 28.1 Å². The van der Waals surface area contributed by atoms with Crippen LogP contribution in [0.1, 0.15) is 22.3 Å². The molecular formula is C22H22ClN5O. The number of rotatable bonds is 5. The standard InChI is InChI=1S/C22H22ClN5O/c1-13-9-14(2)18(15(3)10-13)25-20-19-21(27-22(23)26-20)28(12-24-19)11-16-5-7-17(29-4)8-6-16/h5-10,12H,11H2,1-4H3,(H,25,26,27). The summed E-state index contributed by atoms with van der Waals surface area (Å²) < 4.78 is 7.19. The van der Waals surface area contributed by atoms with Crippen LogP contribution in [0.15, 0.2) is 42.7 Å². The quantitative estimate of drug-likeness (QED) is 0.460. The molecule has 148 valence electrons. The second kappa shape index (κ2) is 7.72. The molecule has 7 heteroatoms. The van der Waals surface area contributed by atoms with Gasteiger partial charge in [0.05, 0.1) is 20.0 Å². The summed E-state index contributed by atoms with van der Waals surface area (Å²) in [6.07, 6.45) is 1.76. The normalized spacial score (nSPS) is 11.1. The largest absolute Gasteiger partial charge is 0.497 e. The second-order valence-electron chi connectivity index (χ2n) is 7.13. The molecule has 2 aromatic carbocycles. The number of benzene rings is 2.